The Morgan fingerprint density at radius 1 is 1.50 bits per heavy atom. The lowest BCUT2D eigenvalue weighted by Gasteiger charge is -2.17. The Morgan fingerprint density at radius 2 is 2.19 bits per heavy atom. The van der Waals surface area contributed by atoms with Crippen LogP contribution < -0.4 is 0 Å². The number of carboxylic acid groups (broad SMARTS) is 1. The minimum Gasteiger partial charge on any atom is -0.505 e. The van der Waals surface area contributed by atoms with E-state index in [9.17, 15) is 9.18 Å². The van der Waals surface area contributed by atoms with Crippen molar-refractivity contribution in [1.29, 1.82) is 0 Å². The molecule has 0 atom stereocenters. The number of hydrogen-bond donors (Lipinski definition) is 2. The quantitative estimate of drug-likeness (QED) is 0.799. The topological polar surface area (TPSA) is 60.8 Å². The number of aliphatic carboxylic acids is 1. The van der Waals surface area contributed by atoms with Crippen LogP contribution in [0.3, 0.4) is 0 Å². The Balaban J connectivity index is 2.70. The van der Waals surface area contributed by atoms with Crippen molar-refractivity contribution >= 4 is 5.97 Å². The maximum atomic E-state index is 13.0. The Hall–Kier alpha value is -1.62. The molecule has 2 N–H and O–H groups in total. The standard InChI is InChI=1S/C11H14FNO3/c1-2-13(7-11(15)16)6-8-3-4-10(14)9(12)5-8/h3-5,14H,2,6-7H2,1H3,(H,15,16). The van der Waals surface area contributed by atoms with E-state index in [2.05, 4.69) is 0 Å². The molecule has 0 aromatic heterocycles. The molecule has 0 aliphatic carbocycles. The predicted octanol–water partition coefficient (Wildman–Crippen LogP) is 1.44. The number of hydrogen-bond acceptors (Lipinski definition) is 3. The smallest absolute Gasteiger partial charge is 0.317 e. The highest BCUT2D eigenvalue weighted by atomic mass is 19.1. The molecule has 16 heavy (non-hydrogen) atoms. The first-order valence-corrected chi connectivity index (χ1v) is 4.94. The summed E-state index contributed by atoms with van der Waals surface area (Å²) in [6.07, 6.45) is 0. The van der Waals surface area contributed by atoms with Gasteiger partial charge in [-0.1, -0.05) is 13.0 Å². The van der Waals surface area contributed by atoms with Gasteiger partial charge in [-0.2, -0.15) is 0 Å². The minimum absolute atomic E-state index is 0.0843. The lowest BCUT2D eigenvalue weighted by molar-refractivity contribution is -0.138. The van der Waals surface area contributed by atoms with Crippen molar-refractivity contribution in [3.63, 3.8) is 0 Å². The molecule has 4 nitrogen and oxygen atoms in total. The number of carbonyl (C=O) groups is 1. The van der Waals surface area contributed by atoms with E-state index in [1.54, 1.807) is 11.0 Å². The van der Waals surface area contributed by atoms with Crippen LogP contribution in [0.25, 0.3) is 0 Å². The molecule has 0 aliphatic heterocycles. The van der Waals surface area contributed by atoms with Crippen molar-refractivity contribution < 1.29 is 19.4 Å². The van der Waals surface area contributed by atoms with Gasteiger partial charge in [0.25, 0.3) is 0 Å². The first-order valence-electron chi connectivity index (χ1n) is 4.94. The molecule has 0 amide bonds. The fourth-order valence-corrected chi connectivity index (χ4v) is 1.38. The van der Waals surface area contributed by atoms with Gasteiger partial charge in [-0.05, 0) is 24.2 Å². The zero-order valence-electron chi connectivity index (χ0n) is 8.98. The minimum atomic E-state index is -0.916. The number of aromatic hydroxyl groups is 1. The second-order valence-electron chi connectivity index (χ2n) is 3.48. The van der Waals surface area contributed by atoms with Crippen LogP contribution in [0.4, 0.5) is 4.39 Å². The average molecular weight is 227 g/mol. The third-order valence-electron chi connectivity index (χ3n) is 2.22. The fraction of sp³-hybridized carbons (Fsp3) is 0.364. The van der Waals surface area contributed by atoms with Crippen LogP contribution in [0.1, 0.15) is 12.5 Å². The molecular formula is C11H14FNO3. The number of benzene rings is 1. The molecular weight excluding hydrogens is 213 g/mol. The number of phenolic OH excluding ortho intramolecular Hbond substituents is 1. The van der Waals surface area contributed by atoms with Crippen LogP contribution >= 0.6 is 0 Å². The zero-order chi connectivity index (χ0) is 12.1. The monoisotopic (exact) mass is 227 g/mol. The van der Waals surface area contributed by atoms with E-state index in [0.717, 1.165) is 0 Å². The molecule has 1 aromatic rings. The highest BCUT2D eigenvalue weighted by molar-refractivity contribution is 5.69. The van der Waals surface area contributed by atoms with Gasteiger partial charge < -0.3 is 10.2 Å². The molecule has 0 aliphatic rings. The van der Waals surface area contributed by atoms with Gasteiger partial charge in [0.05, 0.1) is 6.54 Å². The van der Waals surface area contributed by atoms with E-state index in [-0.39, 0.29) is 6.54 Å². The molecule has 0 heterocycles. The first-order chi connectivity index (χ1) is 7.52. The Kier molecular flexibility index (Phi) is 4.25. The van der Waals surface area contributed by atoms with Crippen molar-refractivity contribution in [3.8, 4) is 5.75 Å². The summed E-state index contributed by atoms with van der Waals surface area (Å²) in [6.45, 7) is 2.66. The summed E-state index contributed by atoms with van der Waals surface area (Å²) < 4.78 is 13.0. The molecule has 0 unspecified atom stereocenters. The lowest BCUT2D eigenvalue weighted by atomic mass is 10.2. The Morgan fingerprint density at radius 3 is 2.69 bits per heavy atom. The van der Waals surface area contributed by atoms with Gasteiger partial charge in [-0.25, -0.2) is 4.39 Å². The zero-order valence-corrected chi connectivity index (χ0v) is 8.98. The van der Waals surface area contributed by atoms with Crippen molar-refractivity contribution in [2.75, 3.05) is 13.1 Å². The number of likely N-dealkylation sites (N-methyl/N-ethyl adjacent to an activating group) is 1. The van der Waals surface area contributed by atoms with Crippen LogP contribution in [-0.4, -0.2) is 34.2 Å². The highest BCUT2D eigenvalue weighted by Crippen LogP contribution is 2.17. The van der Waals surface area contributed by atoms with Gasteiger partial charge >= 0.3 is 5.97 Å². The largest absolute Gasteiger partial charge is 0.505 e. The van der Waals surface area contributed by atoms with Gasteiger partial charge in [0.1, 0.15) is 0 Å². The first kappa shape index (κ1) is 12.4. The van der Waals surface area contributed by atoms with Gasteiger partial charge in [0.2, 0.25) is 0 Å². The maximum absolute atomic E-state index is 13.0. The number of nitrogens with zero attached hydrogens (tertiary/aromatic N) is 1. The lowest BCUT2D eigenvalue weighted by Crippen LogP contribution is -2.29. The fourth-order valence-electron chi connectivity index (χ4n) is 1.38. The predicted molar refractivity (Wildman–Crippen MR) is 56.7 cm³/mol. The van der Waals surface area contributed by atoms with Crippen molar-refractivity contribution in [2.45, 2.75) is 13.5 Å². The summed E-state index contributed by atoms with van der Waals surface area (Å²) in [6, 6.07) is 4.04. The van der Waals surface area contributed by atoms with Crippen molar-refractivity contribution in [1.82, 2.24) is 4.90 Å². The molecule has 0 saturated carbocycles. The summed E-state index contributed by atoms with van der Waals surface area (Å²) in [5, 5.41) is 17.6. The van der Waals surface area contributed by atoms with Crippen LogP contribution in [0.5, 0.6) is 5.75 Å². The maximum Gasteiger partial charge on any atom is 0.317 e. The second-order valence-corrected chi connectivity index (χ2v) is 3.48. The Bertz CT molecular complexity index is 381. The summed E-state index contributed by atoms with van der Waals surface area (Å²) in [5.74, 6) is -2.00. The van der Waals surface area contributed by atoms with E-state index >= 15 is 0 Å². The molecule has 88 valence electrons. The summed E-state index contributed by atoms with van der Waals surface area (Å²) in [7, 11) is 0. The van der Waals surface area contributed by atoms with Crippen molar-refractivity contribution in [3.05, 3.63) is 29.6 Å². The second kappa shape index (κ2) is 5.46. The van der Waals surface area contributed by atoms with Crippen LogP contribution in [0.15, 0.2) is 18.2 Å². The van der Waals surface area contributed by atoms with E-state index in [1.807, 2.05) is 6.92 Å². The summed E-state index contributed by atoms with van der Waals surface area (Å²) in [5.41, 5.74) is 0.637. The molecule has 0 fully saturated rings. The molecule has 5 heteroatoms. The summed E-state index contributed by atoms with van der Waals surface area (Å²) >= 11 is 0. The Labute approximate surface area is 92.9 Å². The van der Waals surface area contributed by atoms with E-state index in [0.29, 0.717) is 18.7 Å². The average Bonchev–Trinajstić information content (AvgIpc) is 2.22. The SMILES string of the molecule is CCN(CC(=O)O)Cc1ccc(O)c(F)c1. The molecule has 0 saturated heterocycles. The number of rotatable bonds is 5. The molecule has 0 bridgehead atoms. The molecule has 1 rings (SSSR count). The van der Waals surface area contributed by atoms with E-state index < -0.39 is 17.5 Å². The van der Waals surface area contributed by atoms with Crippen LogP contribution in [0, 0.1) is 5.82 Å². The van der Waals surface area contributed by atoms with Gasteiger partial charge in [-0.15, -0.1) is 0 Å². The van der Waals surface area contributed by atoms with E-state index in [4.69, 9.17) is 10.2 Å². The number of phenols is 1. The normalized spacial score (nSPS) is 10.7. The third kappa shape index (κ3) is 3.51. The van der Waals surface area contributed by atoms with Crippen molar-refractivity contribution in [2.24, 2.45) is 0 Å². The van der Waals surface area contributed by atoms with Gasteiger partial charge in [0, 0.05) is 6.54 Å². The van der Waals surface area contributed by atoms with E-state index in [1.165, 1.54) is 12.1 Å². The van der Waals surface area contributed by atoms with Gasteiger partial charge in [-0.3, -0.25) is 9.69 Å². The number of halogens is 1. The van der Waals surface area contributed by atoms with Crippen LogP contribution in [0.2, 0.25) is 0 Å². The summed E-state index contributed by atoms with van der Waals surface area (Å²) in [4.78, 5) is 12.2. The molecule has 0 spiro atoms. The molecule has 0 radical (unpaired) electrons. The third-order valence-corrected chi connectivity index (χ3v) is 2.22. The van der Waals surface area contributed by atoms with Gasteiger partial charge in [0.15, 0.2) is 11.6 Å². The molecule has 1 aromatic carbocycles. The highest BCUT2D eigenvalue weighted by Gasteiger charge is 2.09. The number of carboxylic acids is 1. The van der Waals surface area contributed by atoms with Crippen LogP contribution in [-0.2, 0) is 11.3 Å².